The molecule has 3 amide bonds. The van der Waals surface area contributed by atoms with Crippen LogP contribution in [0.3, 0.4) is 0 Å². The molecule has 2 N–H and O–H groups in total. The molecule has 1 unspecified atom stereocenters. The SMILES string of the molecule is Cc1cc(C)cc(C(C(=O)Nc2ccccc2C)N(C(=O)CNC(=O)OC(C)(C)C)C(C)C)c1. The lowest BCUT2D eigenvalue weighted by molar-refractivity contribution is -0.140. The Kier molecular flexibility index (Phi) is 8.85. The fourth-order valence-corrected chi connectivity index (χ4v) is 3.80. The summed E-state index contributed by atoms with van der Waals surface area (Å²) in [6.45, 7) is 14.5. The maximum Gasteiger partial charge on any atom is 0.408 e. The van der Waals surface area contributed by atoms with Gasteiger partial charge in [-0.2, -0.15) is 0 Å². The van der Waals surface area contributed by atoms with E-state index in [9.17, 15) is 14.4 Å². The van der Waals surface area contributed by atoms with Crippen LogP contribution >= 0.6 is 0 Å². The second-order valence-electron chi connectivity index (χ2n) is 9.88. The number of benzene rings is 2. The fourth-order valence-electron chi connectivity index (χ4n) is 3.80. The van der Waals surface area contributed by atoms with E-state index in [1.807, 2.05) is 77.1 Å². The first-order valence-electron chi connectivity index (χ1n) is 11.5. The van der Waals surface area contributed by atoms with Gasteiger partial charge in [0.15, 0.2) is 0 Å². The van der Waals surface area contributed by atoms with Crippen LogP contribution in [0.15, 0.2) is 42.5 Å². The third kappa shape index (κ3) is 7.61. The minimum atomic E-state index is -0.883. The Morgan fingerprint density at radius 3 is 2.09 bits per heavy atom. The topological polar surface area (TPSA) is 87.7 Å². The molecule has 0 aromatic heterocycles. The molecule has 2 rings (SSSR count). The van der Waals surface area contributed by atoms with Crippen LogP contribution in [0, 0.1) is 20.8 Å². The van der Waals surface area contributed by atoms with Crippen molar-refractivity contribution >= 4 is 23.6 Å². The zero-order valence-corrected chi connectivity index (χ0v) is 21.5. The number of carbonyl (C=O) groups excluding carboxylic acids is 3. The zero-order valence-electron chi connectivity index (χ0n) is 21.5. The Labute approximate surface area is 202 Å². The number of hydrogen-bond acceptors (Lipinski definition) is 4. The number of ether oxygens (including phenoxy) is 1. The van der Waals surface area contributed by atoms with Gasteiger partial charge in [0.25, 0.3) is 5.91 Å². The Morgan fingerprint density at radius 1 is 0.971 bits per heavy atom. The summed E-state index contributed by atoms with van der Waals surface area (Å²) in [4.78, 5) is 40.6. The number of hydrogen-bond donors (Lipinski definition) is 2. The highest BCUT2D eigenvalue weighted by Crippen LogP contribution is 2.28. The average Bonchev–Trinajstić information content (AvgIpc) is 2.69. The van der Waals surface area contributed by atoms with E-state index in [0.717, 1.165) is 16.7 Å². The molecule has 34 heavy (non-hydrogen) atoms. The molecule has 0 heterocycles. The number of carbonyl (C=O) groups is 3. The van der Waals surface area contributed by atoms with E-state index in [4.69, 9.17) is 4.74 Å². The molecule has 0 saturated heterocycles. The first-order chi connectivity index (χ1) is 15.8. The maximum atomic E-state index is 13.6. The lowest BCUT2D eigenvalue weighted by atomic mass is 9.98. The quantitative estimate of drug-likeness (QED) is 0.596. The van der Waals surface area contributed by atoms with E-state index in [-0.39, 0.29) is 24.4 Å². The van der Waals surface area contributed by atoms with E-state index in [0.29, 0.717) is 11.3 Å². The van der Waals surface area contributed by atoms with Gasteiger partial charge in [0.2, 0.25) is 5.91 Å². The Balaban J connectivity index is 2.40. The average molecular weight is 468 g/mol. The van der Waals surface area contributed by atoms with E-state index in [1.54, 1.807) is 20.8 Å². The third-order valence-corrected chi connectivity index (χ3v) is 5.12. The molecule has 0 aliphatic rings. The van der Waals surface area contributed by atoms with Gasteiger partial charge in [-0.1, -0.05) is 47.5 Å². The second-order valence-corrected chi connectivity index (χ2v) is 9.88. The van der Waals surface area contributed by atoms with Gasteiger partial charge >= 0.3 is 6.09 Å². The molecular weight excluding hydrogens is 430 g/mol. The standard InChI is InChI=1S/C27H37N3O4/c1-17(2)30(23(31)16-28-26(33)34-27(6,7)8)24(21-14-18(3)13-19(4)15-21)25(32)29-22-12-10-9-11-20(22)5/h9-15,17,24H,16H2,1-8H3,(H,28,33)(H,29,32). The van der Waals surface area contributed by atoms with Crippen LogP contribution < -0.4 is 10.6 Å². The number of aryl methyl sites for hydroxylation is 3. The van der Waals surface area contributed by atoms with Gasteiger partial charge in [-0.05, 0) is 72.6 Å². The molecule has 2 aromatic carbocycles. The number of para-hydroxylation sites is 1. The van der Waals surface area contributed by atoms with E-state index in [2.05, 4.69) is 10.6 Å². The lowest BCUT2D eigenvalue weighted by Gasteiger charge is -2.35. The van der Waals surface area contributed by atoms with Crippen molar-refractivity contribution in [3.63, 3.8) is 0 Å². The van der Waals surface area contributed by atoms with Crippen molar-refractivity contribution in [3.05, 3.63) is 64.7 Å². The largest absolute Gasteiger partial charge is 0.444 e. The summed E-state index contributed by atoms with van der Waals surface area (Å²) in [6, 6.07) is 12.2. The summed E-state index contributed by atoms with van der Waals surface area (Å²) in [6.07, 6.45) is -0.683. The van der Waals surface area contributed by atoms with E-state index >= 15 is 0 Å². The van der Waals surface area contributed by atoms with Crippen molar-refractivity contribution in [3.8, 4) is 0 Å². The maximum absolute atomic E-state index is 13.6. The summed E-state index contributed by atoms with van der Waals surface area (Å²) in [5, 5.41) is 5.51. The Hall–Kier alpha value is -3.35. The Morgan fingerprint density at radius 2 is 1.56 bits per heavy atom. The monoisotopic (exact) mass is 467 g/mol. The van der Waals surface area contributed by atoms with Crippen molar-refractivity contribution < 1.29 is 19.1 Å². The molecule has 7 nitrogen and oxygen atoms in total. The normalized spacial score (nSPS) is 12.1. The van der Waals surface area contributed by atoms with Gasteiger partial charge in [0.1, 0.15) is 18.2 Å². The van der Waals surface area contributed by atoms with Crippen molar-refractivity contribution in [1.82, 2.24) is 10.2 Å². The molecule has 0 aliphatic carbocycles. The van der Waals surface area contributed by atoms with E-state index < -0.39 is 17.7 Å². The smallest absolute Gasteiger partial charge is 0.408 e. The molecule has 2 aromatic rings. The molecule has 0 saturated carbocycles. The molecule has 184 valence electrons. The van der Waals surface area contributed by atoms with Crippen LogP contribution in [0.1, 0.15) is 62.9 Å². The van der Waals surface area contributed by atoms with Crippen molar-refractivity contribution in [2.45, 2.75) is 73.1 Å². The van der Waals surface area contributed by atoms with Gasteiger partial charge in [-0.25, -0.2) is 4.79 Å². The van der Waals surface area contributed by atoms with E-state index in [1.165, 1.54) is 4.90 Å². The van der Waals surface area contributed by atoms with Crippen LogP contribution in [0.5, 0.6) is 0 Å². The molecule has 0 aliphatic heterocycles. The zero-order chi connectivity index (χ0) is 25.6. The van der Waals surface area contributed by atoms with Crippen molar-refractivity contribution in [1.29, 1.82) is 0 Å². The Bertz CT molecular complexity index is 1020. The van der Waals surface area contributed by atoms with Gasteiger partial charge in [0.05, 0.1) is 0 Å². The summed E-state index contributed by atoms with van der Waals surface area (Å²) in [5.74, 6) is -0.705. The van der Waals surface area contributed by atoms with Gasteiger partial charge in [0, 0.05) is 11.7 Å². The highest BCUT2D eigenvalue weighted by molar-refractivity contribution is 5.99. The summed E-state index contributed by atoms with van der Waals surface area (Å²) >= 11 is 0. The van der Waals surface area contributed by atoms with Gasteiger partial charge < -0.3 is 20.3 Å². The number of anilines is 1. The van der Waals surface area contributed by atoms with Crippen LogP contribution in [0.4, 0.5) is 10.5 Å². The number of alkyl carbamates (subject to hydrolysis) is 1. The highest BCUT2D eigenvalue weighted by atomic mass is 16.6. The summed E-state index contributed by atoms with van der Waals surface area (Å²) in [5.41, 5.74) is 3.62. The molecule has 0 bridgehead atoms. The molecule has 0 spiro atoms. The molecule has 0 radical (unpaired) electrons. The second kappa shape index (κ2) is 11.2. The fraction of sp³-hybridized carbons (Fsp3) is 0.444. The molecule has 7 heteroatoms. The number of rotatable bonds is 7. The predicted molar refractivity (Wildman–Crippen MR) is 135 cm³/mol. The van der Waals surface area contributed by atoms with Crippen LogP contribution in [-0.4, -0.2) is 41.0 Å². The first-order valence-corrected chi connectivity index (χ1v) is 11.5. The highest BCUT2D eigenvalue weighted by Gasteiger charge is 2.34. The van der Waals surface area contributed by atoms with Gasteiger partial charge in [-0.15, -0.1) is 0 Å². The number of nitrogens with one attached hydrogen (secondary N) is 2. The predicted octanol–water partition coefficient (Wildman–Crippen LogP) is 5.05. The molecular formula is C27H37N3O4. The number of amides is 3. The number of nitrogens with zero attached hydrogens (tertiary/aromatic N) is 1. The van der Waals surface area contributed by atoms with Crippen LogP contribution in [-0.2, 0) is 14.3 Å². The molecule has 1 atom stereocenters. The molecule has 0 fully saturated rings. The summed E-state index contributed by atoms with van der Waals surface area (Å²) in [7, 11) is 0. The van der Waals surface area contributed by atoms with Gasteiger partial charge in [-0.3, -0.25) is 9.59 Å². The van der Waals surface area contributed by atoms with Crippen LogP contribution in [0.25, 0.3) is 0 Å². The lowest BCUT2D eigenvalue weighted by Crippen LogP contribution is -2.49. The van der Waals surface area contributed by atoms with Crippen LogP contribution in [0.2, 0.25) is 0 Å². The third-order valence-electron chi connectivity index (χ3n) is 5.12. The minimum Gasteiger partial charge on any atom is -0.444 e. The van der Waals surface area contributed by atoms with Crippen molar-refractivity contribution in [2.24, 2.45) is 0 Å². The van der Waals surface area contributed by atoms with Crippen molar-refractivity contribution in [2.75, 3.05) is 11.9 Å². The minimum absolute atomic E-state index is 0.286. The summed E-state index contributed by atoms with van der Waals surface area (Å²) < 4.78 is 5.24. The first kappa shape index (κ1) is 26.9.